The predicted octanol–water partition coefficient (Wildman–Crippen LogP) is 3.75. The van der Waals surface area contributed by atoms with E-state index in [4.69, 9.17) is 9.84 Å². The molecule has 0 aromatic rings. The second-order valence-electron chi connectivity index (χ2n) is 5.70. The van der Waals surface area contributed by atoms with Crippen molar-refractivity contribution in [3.05, 3.63) is 0 Å². The molecule has 1 N–H and O–H groups in total. The molecule has 0 aliphatic heterocycles. The summed E-state index contributed by atoms with van der Waals surface area (Å²) in [5, 5.41) is 9.09. The first-order chi connectivity index (χ1) is 7.50. The molecule has 116 valence electrons. The number of aliphatic hydroxyl groups excluding tert-OH is 1. The summed E-state index contributed by atoms with van der Waals surface area (Å²) in [4.78, 5) is 11.9. The fraction of sp³-hybridized carbons (Fsp3) is 0.938. The average molecular weight is 274 g/mol. The highest BCUT2D eigenvalue weighted by Gasteiger charge is 2.51. The Morgan fingerprint density at radius 2 is 1.79 bits per heavy atom. The van der Waals surface area contributed by atoms with E-state index in [1.165, 1.54) is 6.42 Å². The predicted molar refractivity (Wildman–Crippen MR) is 80.9 cm³/mol. The van der Waals surface area contributed by atoms with Gasteiger partial charge in [0.2, 0.25) is 0 Å². The van der Waals surface area contributed by atoms with Gasteiger partial charge in [-0.3, -0.25) is 4.79 Å². The van der Waals surface area contributed by atoms with E-state index in [2.05, 4.69) is 13.8 Å². The Bertz CT molecular complexity index is 273. The molecule has 3 nitrogen and oxygen atoms in total. The van der Waals surface area contributed by atoms with Crippen molar-refractivity contribution in [3.8, 4) is 0 Å². The van der Waals surface area contributed by atoms with Crippen molar-refractivity contribution in [3.63, 3.8) is 0 Å². The van der Waals surface area contributed by atoms with Gasteiger partial charge in [-0.2, -0.15) is 0 Å². The molecule has 2 bridgehead atoms. The molecule has 3 heteroatoms. The fourth-order valence-electron chi connectivity index (χ4n) is 3.52. The Balaban J connectivity index is 0. The Morgan fingerprint density at radius 1 is 1.21 bits per heavy atom. The highest BCUT2D eigenvalue weighted by Crippen LogP contribution is 2.55. The van der Waals surface area contributed by atoms with Crippen molar-refractivity contribution in [2.75, 3.05) is 6.61 Å². The van der Waals surface area contributed by atoms with Crippen LogP contribution in [0.4, 0.5) is 0 Å². The van der Waals surface area contributed by atoms with Gasteiger partial charge >= 0.3 is 5.97 Å². The number of fused-ring (bicyclic) bond motifs is 2. The van der Waals surface area contributed by atoms with E-state index in [-0.39, 0.29) is 40.8 Å². The number of carbonyl (C=O) groups excluding carboxylic acids is 1. The first-order valence-corrected chi connectivity index (χ1v) is 6.35. The number of ether oxygens (including phenoxy) is 1. The zero-order chi connectivity index (χ0) is 11.9. The van der Waals surface area contributed by atoms with Gasteiger partial charge in [0.05, 0.1) is 12.0 Å². The highest BCUT2D eigenvalue weighted by atomic mass is 16.5. The molecule has 0 saturated heterocycles. The zero-order valence-electron chi connectivity index (χ0n) is 10.3. The van der Waals surface area contributed by atoms with Crippen molar-refractivity contribution < 1.29 is 14.6 Å². The summed E-state index contributed by atoms with van der Waals surface area (Å²) in [7, 11) is 0. The summed E-state index contributed by atoms with van der Waals surface area (Å²) in [6.45, 7) is 6.32. The number of hydrogen-bond donors (Lipinski definition) is 1. The first kappa shape index (κ1) is 20.7. The van der Waals surface area contributed by atoms with Crippen LogP contribution in [-0.2, 0) is 9.53 Å². The lowest BCUT2D eigenvalue weighted by Gasteiger charge is -2.30. The minimum Gasteiger partial charge on any atom is -0.463 e. The van der Waals surface area contributed by atoms with Crippen molar-refractivity contribution in [2.45, 2.75) is 62.0 Å². The van der Waals surface area contributed by atoms with Crippen LogP contribution < -0.4 is 0 Å². The summed E-state index contributed by atoms with van der Waals surface area (Å²) in [6.07, 6.45) is 1.63. The van der Waals surface area contributed by atoms with Crippen LogP contribution in [0.5, 0.6) is 0 Å². The van der Waals surface area contributed by atoms with Crippen LogP contribution >= 0.6 is 0 Å². The molecule has 2 fully saturated rings. The summed E-state index contributed by atoms with van der Waals surface area (Å²) < 4.78 is 5.13. The first-order valence-electron chi connectivity index (χ1n) is 6.35. The standard InChI is InChI=1S/C13H22O3.3CH4/c1-7(14)6-16-13(15)12-5-10-4-11(12)9(3)8(10)2;;;/h7-12,14H,4-6H2,1-3H3;3*1H4. The lowest BCUT2D eigenvalue weighted by molar-refractivity contribution is -0.154. The molecule has 19 heavy (non-hydrogen) atoms. The van der Waals surface area contributed by atoms with Gasteiger partial charge < -0.3 is 9.84 Å². The van der Waals surface area contributed by atoms with E-state index in [0.717, 1.165) is 12.3 Å². The van der Waals surface area contributed by atoms with Crippen LogP contribution in [0, 0.1) is 29.6 Å². The summed E-state index contributed by atoms with van der Waals surface area (Å²) in [5.41, 5.74) is 0. The van der Waals surface area contributed by atoms with Crippen LogP contribution in [-0.4, -0.2) is 23.8 Å². The van der Waals surface area contributed by atoms with Crippen LogP contribution in [0.3, 0.4) is 0 Å². The van der Waals surface area contributed by atoms with Gasteiger partial charge in [0.1, 0.15) is 6.61 Å². The molecule has 0 aromatic carbocycles. The van der Waals surface area contributed by atoms with E-state index in [1.807, 2.05) is 0 Å². The van der Waals surface area contributed by atoms with E-state index < -0.39 is 6.10 Å². The molecular formula is C16H34O3. The van der Waals surface area contributed by atoms with Gasteiger partial charge in [-0.25, -0.2) is 0 Å². The Hall–Kier alpha value is -0.570. The summed E-state index contributed by atoms with van der Waals surface area (Å²) >= 11 is 0. The largest absolute Gasteiger partial charge is 0.463 e. The average Bonchev–Trinajstić information content (AvgIpc) is 2.77. The van der Waals surface area contributed by atoms with E-state index in [0.29, 0.717) is 17.8 Å². The minimum atomic E-state index is -0.557. The lowest BCUT2D eigenvalue weighted by Crippen LogP contribution is -2.32. The molecule has 2 aliphatic carbocycles. The monoisotopic (exact) mass is 274 g/mol. The molecule has 0 amide bonds. The molecule has 0 spiro atoms. The van der Waals surface area contributed by atoms with Gasteiger partial charge in [0.15, 0.2) is 0 Å². The van der Waals surface area contributed by atoms with Crippen LogP contribution in [0.1, 0.15) is 55.9 Å². The van der Waals surface area contributed by atoms with Gasteiger partial charge in [0.25, 0.3) is 0 Å². The van der Waals surface area contributed by atoms with Gasteiger partial charge in [0, 0.05) is 0 Å². The smallest absolute Gasteiger partial charge is 0.309 e. The molecule has 6 unspecified atom stereocenters. The Morgan fingerprint density at radius 3 is 2.21 bits per heavy atom. The summed E-state index contributed by atoms with van der Waals surface area (Å²) in [5.74, 6) is 2.63. The molecular weight excluding hydrogens is 240 g/mol. The Labute approximate surface area is 119 Å². The minimum absolute atomic E-state index is 0. The maximum atomic E-state index is 11.9. The highest BCUT2D eigenvalue weighted by molar-refractivity contribution is 5.73. The normalized spacial score (nSPS) is 36.5. The van der Waals surface area contributed by atoms with Gasteiger partial charge in [-0.1, -0.05) is 36.1 Å². The zero-order valence-corrected chi connectivity index (χ0v) is 10.3. The fourth-order valence-corrected chi connectivity index (χ4v) is 3.52. The van der Waals surface area contributed by atoms with E-state index >= 15 is 0 Å². The number of hydrogen-bond acceptors (Lipinski definition) is 3. The van der Waals surface area contributed by atoms with E-state index in [1.54, 1.807) is 6.92 Å². The molecule has 2 rings (SSSR count). The second kappa shape index (κ2) is 7.88. The van der Waals surface area contributed by atoms with Gasteiger partial charge in [-0.05, 0) is 43.4 Å². The van der Waals surface area contributed by atoms with E-state index in [9.17, 15) is 4.79 Å². The number of carbonyl (C=O) groups is 1. The topological polar surface area (TPSA) is 46.5 Å². The Kier molecular flexibility index (Phi) is 8.61. The second-order valence-corrected chi connectivity index (χ2v) is 5.70. The third-order valence-electron chi connectivity index (χ3n) is 4.67. The molecule has 2 saturated carbocycles. The third-order valence-corrected chi connectivity index (χ3v) is 4.67. The molecule has 2 aliphatic rings. The van der Waals surface area contributed by atoms with Crippen LogP contribution in [0.25, 0.3) is 0 Å². The summed E-state index contributed by atoms with van der Waals surface area (Å²) in [6, 6.07) is 0. The van der Waals surface area contributed by atoms with Crippen LogP contribution in [0.15, 0.2) is 0 Å². The van der Waals surface area contributed by atoms with Crippen molar-refractivity contribution in [1.82, 2.24) is 0 Å². The maximum absolute atomic E-state index is 11.9. The maximum Gasteiger partial charge on any atom is 0.309 e. The van der Waals surface area contributed by atoms with Gasteiger partial charge in [-0.15, -0.1) is 0 Å². The van der Waals surface area contributed by atoms with Crippen molar-refractivity contribution in [1.29, 1.82) is 0 Å². The van der Waals surface area contributed by atoms with Crippen LogP contribution in [0.2, 0.25) is 0 Å². The molecule has 0 aromatic heterocycles. The SMILES string of the molecule is C.C.C.CC(O)COC(=O)C1CC2CC1C(C)C2C. The van der Waals surface area contributed by atoms with Crippen molar-refractivity contribution in [2.24, 2.45) is 29.6 Å². The molecule has 6 atom stereocenters. The van der Waals surface area contributed by atoms with Crippen molar-refractivity contribution >= 4 is 5.97 Å². The molecule has 0 heterocycles. The number of aliphatic hydroxyl groups is 1. The third kappa shape index (κ3) is 3.95. The lowest BCUT2D eigenvalue weighted by atomic mass is 9.76. The molecule has 0 radical (unpaired) electrons. The number of esters is 1. The number of rotatable bonds is 3. The quantitative estimate of drug-likeness (QED) is 0.797.